The van der Waals surface area contributed by atoms with Gasteiger partial charge in [-0.05, 0) is 18.2 Å². The summed E-state index contributed by atoms with van der Waals surface area (Å²) in [6.07, 6.45) is 0.219. The summed E-state index contributed by atoms with van der Waals surface area (Å²) in [5.41, 5.74) is 1.10. The number of hydrogen-bond donors (Lipinski definition) is 1. The number of nitrogens with one attached hydrogen (secondary N) is 1. The summed E-state index contributed by atoms with van der Waals surface area (Å²) < 4.78 is 15.8. The maximum Gasteiger partial charge on any atom is 0.257 e. The average molecular weight is 375 g/mol. The van der Waals surface area contributed by atoms with Crippen LogP contribution in [0.2, 0.25) is 0 Å². The minimum absolute atomic E-state index is 0.0206. The van der Waals surface area contributed by atoms with E-state index in [2.05, 4.69) is 10.3 Å². The van der Waals surface area contributed by atoms with Gasteiger partial charge in [0.05, 0.1) is 25.3 Å². The van der Waals surface area contributed by atoms with Crippen LogP contribution in [0.3, 0.4) is 0 Å². The van der Waals surface area contributed by atoms with Crippen LogP contribution in [-0.4, -0.2) is 54.8 Å². The third-order valence-electron chi connectivity index (χ3n) is 4.10. The zero-order valence-electron chi connectivity index (χ0n) is 13.9. The molecule has 1 aromatic heterocycles. The van der Waals surface area contributed by atoms with Gasteiger partial charge in [0, 0.05) is 24.0 Å². The minimum atomic E-state index is -0.288. The van der Waals surface area contributed by atoms with Crippen LogP contribution in [0, 0.1) is 0 Å². The number of rotatable bonds is 4. The molecule has 1 fully saturated rings. The van der Waals surface area contributed by atoms with E-state index in [1.54, 1.807) is 28.5 Å². The lowest BCUT2D eigenvalue weighted by atomic mass is 10.2. The van der Waals surface area contributed by atoms with E-state index in [4.69, 9.17) is 14.2 Å². The SMILES string of the molecule is O=C(Nc1nc(CC(=O)N2CCOCC2)cs1)c1ccc2c(c1)OCO2. The van der Waals surface area contributed by atoms with Gasteiger partial charge in [-0.1, -0.05) is 0 Å². The number of carbonyl (C=O) groups excluding carboxylic acids is 2. The van der Waals surface area contributed by atoms with E-state index in [0.717, 1.165) is 0 Å². The third kappa shape index (κ3) is 3.63. The first-order valence-electron chi connectivity index (χ1n) is 8.20. The van der Waals surface area contributed by atoms with E-state index in [1.807, 2.05) is 0 Å². The molecule has 0 atom stereocenters. The normalized spacial score (nSPS) is 15.8. The van der Waals surface area contributed by atoms with Crippen LogP contribution in [-0.2, 0) is 16.0 Å². The van der Waals surface area contributed by atoms with E-state index in [9.17, 15) is 9.59 Å². The number of aromatic nitrogens is 1. The Bertz CT molecular complexity index is 832. The number of nitrogens with zero attached hydrogens (tertiary/aromatic N) is 2. The highest BCUT2D eigenvalue weighted by Crippen LogP contribution is 2.32. The van der Waals surface area contributed by atoms with Gasteiger partial charge < -0.3 is 19.1 Å². The number of morpholine rings is 1. The van der Waals surface area contributed by atoms with Gasteiger partial charge in [-0.3, -0.25) is 14.9 Å². The topological polar surface area (TPSA) is 90.0 Å². The molecule has 136 valence electrons. The van der Waals surface area contributed by atoms with Gasteiger partial charge in [0.25, 0.3) is 5.91 Å². The van der Waals surface area contributed by atoms with Crippen LogP contribution in [0.5, 0.6) is 11.5 Å². The number of fused-ring (bicyclic) bond motifs is 1. The Labute approximate surface area is 153 Å². The average Bonchev–Trinajstić information content (AvgIpc) is 3.31. The molecule has 1 N–H and O–H groups in total. The minimum Gasteiger partial charge on any atom is -0.454 e. The summed E-state index contributed by atoms with van der Waals surface area (Å²) in [6, 6.07) is 5.00. The van der Waals surface area contributed by atoms with Crippen molar-refractivity contribution in [1.29, 1.82) is 0 Å². The van der Waals surface area contributed by atoms with Crippen LogP contribution in [0.15, 0.2) is 23.6 Å². The van der Waals surface area contributed by atoms with Gasteiger partial charge in [0.15, 0.2) is 16.6 Å². The Balaban J connectivity index is 1.37. The molecule has 0 bridgehead atoms. The zero-order valence-corrected chi connectivity index (χ0v) is 14.7. The van der Waals surface area contributed by atoms with Crippen LogP contribution in [0.4, 0.5) is 5.13 Å². The van der Waals surface area contributed by atoms with Gasteiger partial charge >= 0.3 is 0 Å². The largest absolute Gasteiger partial charge is 0.454 e. The third-order valence-corrected chi connectivity index (χ3v) is 4.91. The summed E-state index contributed by atoms with van der Waals surface area (Å²) in [4.78, 5) is 30.7. The molecule has 3 heterocycles. The fourth-order valence-corrected chi connectivity index (χ4v) is 3.44. The zero-order chi connectivity index (χ0) is 17.9. The van der Waals surface area contributed by atoms with Gasteiger partial charge in [-0.25, -0.2) is 4.98 Å². The second-order valence-electron chi connectivity index (χ2n) is 5.84. The standard InChI is InChI=1S/C17H17N3O5S/c21-15(20-3-5-23-6-4-20)8-12-9-26-17(18-12)19-16(22)11-1-2-13-14(7-11)25-10-24-13/h1-2,7,9H,3-6,8,10H2,(H,18,19,22). The van der Waals surface area contributed by atoms with Crippen molar-refractivity contribution in [3.05, 3.63) is 34.8 Å². The smallest absolute Gasteiger partial charge is 0.257 e. The molecule has 2 amide bonds. The van der Waals surface area contributed by atoms with Gasteiger partial charge in [-0.15, -0.1) is 11.3 Å². The lowest BCUT2D eigenvalue weighted by Crippen LogP contribution is -2.41. The first-order chi connectivity index (χ1) is 12.7. The Kier molecular flexibility index (Phi) is 4.72. The molecule has 1 aromatic carbocycles. The monoisotopic (exact) mass is 375 g/mol. The van der Waals surface area contributed by atoms with Crippen molar-refractivity contribution >= 4 is 28.3 Å². The summed E-state index contributed by atoms with van der Waals surface area (Å²) >= 11 is 1.29. The van der Waals surface area contributed by atoms with Crippen molar-refractivity contribution in [3.63, 3.8) is 0 Å². The molecule has 4 rings (SSSR count). The second-order valence-corrected chi connectivity index (χ2v) is 6.69. The highest BCUT2D eigenvalue weighted by atomic mass is 32.1. The fraction of sp³-hybridized carbons (Fsp3) is 0.353. The molecule has 0 spiro atoms. The molecule has 26 heavy (non-hydrogen) atoms. The number of benzene rings is 1. The number of amides is 2. The van der Waals surface area contributed by atoms with E-state index in [1.165, 1.54) is 11.3 Å². The number of ether oxygens (including phenoxy) is 3. The molecular formula is C17H17N3O5S. The van der Waals surface area contributed by atoms with Gasteiger partial charge in [0.2, 0.25) is 12.7 Å². The van der Waals surface area contributed by atoms with E-state index in [0.29, 0.717) is 54.2 Å². The lowest BCUT2D eigenvalue weighted by Gasteiger charge is -2.26. The molecule has 0 saturated carbocycles. The van der Waals surface area contributed by atoms with Crippen molar-refractivity contribution in [2.75, 3.05) is 38.4 Å². The van der Waals surface area contributed by atoms with E-state index in [-0.39, 0.29) is 25.0 Å². The second kappa shape index (κ2) is 7.30. The van der Waals surface area contributed by atoms with E-state index >= 15 is 0 Å². The number of anilines is 1. The molecule has 1 saturated heterocycles. The number of carbonyl (C=O) groups is 2. The highest BCUT2D eigenvalue weighted by molar-refractivity contribution is 7.14. The van der Waals surface area contributed by atoms with Crippen molar-refractivity contribution in [1.82, 2.24) is 9.88 Å². The molecule has 0 aliphatic carbocycles. The van der Waals surface area contributed by atoms with Crippen LogP contribution in [0.25, 0.3) is 0 Å². The van der Waals surface area contributed by atoms with Crippen molar-refractivity contribution in [2.45, 2.75) is 6.42 Å². The summed E-state index contributed by atoms with van der Waals surface area (Å²) in [7, 11) is 0. The Hall–Kier alpha value is -2.65. The molecular weight excluding hydrogens is 358 g/mol. The molecule has 2 aromatic rings. The highest BCUT2D eigenvalue weighted by Gasteiger charge is 2.19. The Morgan fingerprint density at radius 2 is 2.00 bits per heavy atom. The molecule has 8 nitrogen and oxygen atoms in total. The van der Waals surface area contributed by atoms with Crippen LogP contribution >= 0.6 is 11.3 Å². The first-order valence-corrected chi connectivity index (χ1v) is 9.08. The Morgan fingerprint density at radius 3 is 2.85 bits per heavy atom. The summed E-state index contributed by atoms with van der Waals surface area (Å²) in [5.74, 6) is 0.907. The van der Waals surface area contributed by atoms with Crippen molar-refractivity contribution in [2.24, 2.45) is 0 Å². The van der Waals surface area contributed by atoms with Crippen molar-refractivity contribution < 1.29 is 23.8 Å². The molecule has 0 radical (unpaired) electrons. The molecule has 2 aliphatic rings. The molecule has 0 unspecified atom stereocenters. The Morgan fingerprint density at radius 1 is 1.19 bits per heavy atom. The molecule has 9 heteroatoms. The van der Waals surface area contributed by atoms with Crippen LogP contribution < -0.4 is 14.8 Å². The summed E-state index contributed by atoms with van der Waals surface area (Å²) in [5, 5.41) is 4.99. The van der Waals surface area contributed by atoms with Gasteiger partial charge in [0.1, 0.15) is 0 Å². The molecule has 2 aliphatic heterocycles. The first kappa shape index (κ1) is 16.8. The fourth-order valence-electron chi connectivity index (χ4n) is 2.73. The van der Waals surface area contributed by atoms with Crippen molar-refractivity contribution in [3.8, 4) is 11.5 Å². The van der Waals surface area contributed by atoms with Crippen LogP contribution in [0.1, 0.15) is 16.1 Å². The maximum absolute atomic E-state index is 12.4. The predicted molar refractivity (Wildman–Crippen MR) is 93.7 cm³/mol. The summed E-state index contributed by atoms with van der Waals surface area (Å²) in [6.45, 7) is 2.51. The maximum atomic E-state index is 12.4. The van der Waals surface area contributed by atoms with Gasteiger partial charge in [-0.2, -0.15) is 0 Å². The lowest BCUT2D eigenvalue weighted by molar-refractivity contribution is -0.134. The number of hydrogen-bond acceptors (Lipinski definition) is 7. The quantitative estimate of drug-likeness (QED) is 0.872. The predicted octanol–water partition coefficient (Wildman–Crippen LogP) is 1.53. The number of thiazole rings is 1. The van der Waals surface area contributed by atoms with E-state index < -0.39 is 0 Å².